The fraction of sp³-hybridized carbons (Fsp3) is 0.286. The molecule has 1 aromatic carbocycles. The predicted molar refractivity (Wildman–Crippen MR) is 110 cm³/mol. The highest BCUT2D eigenvalue weighted by Crippen LogP contribution is 2.40. The normalized spacial score (nSPS) is 17.9. The van der Waals surface area contributed by atoms with Crippen LogP contribution in [0.3, 0.4) is 0 Å². The number of benzene rings is 1. The smallest absolute Gasteiger partial charge is 0.237 e. The first-order valence-electron chi connectivity index (χ1n) is 10.2. The zero-order chi connectivity index (χ0) is 20.9. The minimum atomic E-state index is -0.291. The number of aromatic nitrogens is 7. The number of anilines is 1. The van der Waals surface area contributed by atoms with Crippen molar-refractivity contribution in [3.63, 3.8) is 0 Å². The summed E-state index contributed by atoms with van der Waals surface area (Å²) < 4.78 is 22.6. The summed E-state index contributed by atoms with van der Waals surface area (Å²) in [5, 5.41) is 8.49. The summed E-state index contributed by atoms with van der Waals surface area (Å²) in [7, 11) is 0. The Hall–Kier alpha value is -3.66. The van der Waals surface area contributed by atoms with Crippen molar-refractivity contribution in [1.82, 2.24) is 34.3 Å². The van der Waals surface area contributed by atoms with Gasteiger partial charge in [-0.25, -0.2) is 14.4 Å². The third-order valence-corrected chi connectivity index (χ3v) is 5.81. The van der Waals surface area contributed by atoms with Crippen molar-refractivity contribution < 1.29 is 9.13 Å². The molecule has 0 bridgehead atoms. The van der Waals surface area contributed by atoms with Gasteiger partial charge in [0, 0.05) is 18.0 Å². The van der Waals surface area contributed by atoms with E-state index in [0.717, 1.165) is 29.3 Å². The lowest BCUT2D eigenvalue weighted by Crippen LogP contribution is -2.53. The van der Waals surface area contributed by atoms with Crippen LogP contribution in [0.5, 0.6) is 0 Å². The van der Waals surface area contributed by atoms with E-state index in [9.17, 15) is 4.39 Å². The van der Waals surface area contributed by atoms with Crippen LogP contribution in [0.4, 0.5) is 10.2 Å². The lowest BCUT2D eigenvalue weighted by Gasteiger charge is -2.45. The van der Waals surface area contributed by atoms with E-state index < -0.39 is 0 Å². The van der Waals surface area contributed by atoms with E-state index in [0.29, 0.717) is 25.0 Å². The first-order chi connectivity index (χ1) is 15.2. The third kappa shape index (κ3) is 2.75. The number of hydrogen-bond acceptors (Lipinski definition) is 7. The largest absolute Gasteiger partial charge is 0.377 e. The summed E-state index contributed by atoms with van der Waals surface area (Å²) in [6, 6.07) is 6.49. The van der Waals surface area contributed by atoms with E-state index in [1.807, 2.05) is 15.3 Å². The molecule has 5 heterocycles. The summed E-state index contributed by atoms with van der Waals surface area (Å²) in [5.74, 6) is 2.54. The zero-order valence-electron chi connectivity index (χ0n) is 16.8. The van der Waals surface area contributed by atoms with Crippen molar-refractivity contribution in [3.05, 3.63) is 60.8 Å². The first-order valence-corrected chi connectivity index (χ1v) is 10.2. The van der Waals surface area contributed by atoms with Gasteiger partial charge in [0.1, 0.15) is 23.7 Å². The van der Waals surface area contributed by atoms with Crippen molar-refractivity contribution in [1.29, 1.82) is 0 Å². The van der Waals surface area contributed by atoms with Crippen LogP contribution in [0.1, 0.15) is 25.2 Å². The van der Waals surface area contributed by atoms with Gasteiger partial charge in [-0.3, -0.25) is 9.13 Å². The van der Waals surface area contributed by atoms with E-state index in [1.165, 1.54) is 12.1 Å². The van der Waals surface area contributed by atoms with Crippen LogP contribution in [0, 0.1) is 5.82 Å². The van der Waals surface area contributed by atoms with E-state index in [4.69, 9.17) is 9.72 Å². The van der Waals surface area contributed by atoms with Crippen LogP contribution >= 0.6 is 0 Å². The topological polar surface area (TPSA) is 86.8 Å². The molecule has 1 unspecified atom stereocenters. The predicted octanol–water partition coefficient (Wildman–Crippen LogP) is 2.72. The molecule has 0 N–H and O–H groups in total. The first kappa shape index (κ1) is 18.1. The molecule has 0 aliphatic carbocycles. The zero-order valence-corrected chi connectivity index (χ0v) is 16.8. The molecule has 0 radical (unpaired) electrons. The van der Waals surface area contributed by atoms with Gasteiger partial charge in [0.2, 0.25) is 5.95 Å². The monoisotopic (exact) mass is 418 g/mol. The number of halogens is 1. The summed E-state index contributed by atoms with van der Waals surface area (Å²) in [4.78, 5) is 16.3. The maximum atomic E-state index is 13.4. The second kappa shape index (κ2) is 6.95. The number of imidazole rings is 1. The molecule has 4 aromatic rings. The Balaban J connectivity index is 1.50. The molecule has 156 valence electrons. The Labute approximate surface area is 177 Å². The average molecular weight is 418 g/mol. The molecule has 3 aromatic heterocycles. The molecule has 1 atom stereocenters. The Morgan fingerprint density at radius 3 is 2.71 bits per heavy atom. The molecule has 9 nitrogen and oxygen atoms in total. The van der Waals surface area contributed by atoms with Crippen molar-refractivity contribution in [3.8, 4) is 23.0 Å². The van der Waals surface area contributed by atoms with Gasteiger partial charge < -0.3 is 9.64 Å². The van der Waals surface area contributed by atoms with Crippen molar-refractivity contribution in [2.24, 2.45) is 0 Å². The molecule has 2 aliphatic rings. The minimum absolute atomic E-state index is 0.0472. The lowest BCUT2D eigenvalue weighted by atomic mass is 10.0. The van der Waals surface area contributed by atoms with E-state index >= 15 is 0 Å². The molecule has 0 spiro atoms. The molecule has 2 aliphatic heterocycles. The second-order valence-corrected chi connectivity index (χ2v) is 7.59. The lowest BCUT2D eigenvalue weighted by molar-refractivity contribution is 0.00339. The third-order valence-electron chi connectivity index (χ3n) is 5.81. The van der Waals surface area contributed by atoms with Gasteiger partial charge in [-0.05, 0) is 30.7 Å². The van der Waals surface area contributed by atoms with Crippen LogP contribution in [-0.2, 0) is 4.74 Å². The number of fused-ring (bicyclic) bond motifs is 3. The highest BCUT2D eigenvalue weighted by Gasteiger charge is 2.40. The number of rotatable bonds is 4. The molecule has 10 heteroatoms. The van der Waals surface area contributed by atoms with Crippen LogP contribution in [0.15, 0.2) is 49.2 Å². The van der Waals surface area contributed by atoms with Crippen molar-refractivity contribution in [2.75, 3.05) is 18.1 Å². The second-order valence-electron chi connectivity index (χ2n) is 7.59. The van der Waals surface area contributed by atoms with Gasteiger partial charge in [-0.15, -0.1) is 10.2 Å². The van der Waals surface area contributed by atoms with Crippen molar-refractivity contribution >= 4 is 5.82 Å². The maximum absolute atomic E-state index is 13.4. The Morgan fingerprint density at radius 1 is 1.13 bits per heavy atom. The Bertz CT molecular complexity index is 1250. The summed E-state index contributed by atoms with van der Waals surface area (Å²) in [6.45, 7) is 3.43. The summed E-state index contributed by atoms with van der Waals surface area (Å²) >= 11 is 0. The quantitative estimate of drug-likeness (QED) is 0.504. The van der Waals surface area contributed by atoms with Crippen molar-refractivity contribution in [2.45, 2.75) is 25.4 Å². The number of ether oxygens (including phenoxy) is 1. The van der Waals surface area contributed by atoms with Crippen LogP contribution in [0.2, 0.25) is 0 Å². The molecule has 0 saturated carbocycles. The number of nitrogens with zero attached hydrogens (tertiary/aromatic N) is 8. The molecular weight excluding hydrogens is 399 g/mol. The van der Waals surface area contributed by atoms with E-state index in [2.05, 4.69) is 32.0 Å². The highest BCUT2D eigenvalue weighted by atomic mass is 19.1. The van der Waals surface area contributed by atoms with E-state index in [-0.39, 0.29) is 17.9 Å². The van der Waals surface area contributed by atoms with Gasteiger partial charge >= 0.3 is 0 Å². The van der Waals surface area contributed by atoms with Gasteiger partial charge in [-0.1, -0.05) is 6.92 Å². The minimum Gasteiger partial charge on any atom is -0.377 e. The van der Waals surface area contributed by atoms with Gasteiger partial charge in [0.05, 0.1) is 31.5 Å². The Kier molecular flexibility index (Phi) is 4.06. The fourth-order valence-corrected chi connectivity index (χ4v) is 4.23. The highest BCUT2D eigenvalue weighted by molar-refractivity contribution is 5.64. The molecular formula is C21H19FN8O. The van der Waals surface area contributed by atoms with Gasteiger partial charge in [0.15, 0.2) is 11.6 Å². The maximum Gasteiger partial charge on any atom is 0.237 e. The molecule has 0 amide bonds. The summed E-state index contributed by atoms with van der Waals surface area (Å²) in [5.41, 5.74) is 1.62. The standard InChI is InChI=1S/C21H19FN8O/c1-2-16-20-27-25-12-29(20)17-9-24-21(26-19(17)30(16)15-10-31-11-15)28-8-7-23-18(28)13-3-5-14(22)6-4-13/h3-9,12,15-16H,2,10-11H2,1H3. The molecule has 1 fully saturated rings. The van der Waals surface area contributed by atoms with Gasteiger partial charge in [-0.2, -0.15) is 4.98 Å². The molecule has 31 heavy (non-hydrogen) atoms. The van der Waals surface area contributed by atoms with Crippen LogP contribution < -0.4 is 4.90 Å². The van der Waals surface area contributed by atoms with Crippen LogP contribution in [0.25, 0.3) is 23.0 Å². The number of hydrogen-bond donors (Lipinski definition) is 0. The molecule has 1 saturated heterocycles. The SMILES string of the molecule is CCC1c2nncn2-c2cnc(-n3ccnc3-c3ccc(F)cc3)nc2N1C1COC1. The summed E-state index contributed by atoms with van der Waals surface area (Å²) in [6.07, 6.45) is 7.85. The van der Waals surface area contributed by atoms with Gasteiger partial charge in [0.25, 0.3) is 0 Å². The Morgan fingerprint density at radius 2 is 1.97 bits per heavy atom. The fourth-order valence-electron chi connectivity index (χ4n) is 4.23. The van der Waals surface area contributed by atoms with Crippen LogP contribution in [-0.4, -0.2) is 53.5 Å². The average Bonchev–Trinajstić information content (AvgIpc) is 3.43. The van der Waals surface area contributed by atoms with E-state index in [1.54, 1.807) is 30.9 Å². The molecule has 6 rings (SSSR count).